The summed E-state index contributed by atoms with van der Waals surface area (Å²) in [5, 5.41) is 11.6. The van der Waals surface area contributed by atoms with Gasteiger partial charge in [0.1, 0.15) is 5.82 Å². The number of amides is 1. The van der Waals surface area contributed by atoms with Gasteiger partial charge in [-0.05, 0) is 57.0 Å². The zero-order valence-corrected chi connectivity index (χ0v) is 15.2. The lowest BCUT2D eigenvalue weighted by Gasteiger charge is -2.13. The summed E-state index contributed by atoms with van der Waals surface area (Å²) in [6.07, 6.45) is 0. The molecule has 1 N–H and O–H groups in total. The van der Waals surface area contributed by atoms with E-state index in [0.29, 0.717) is 5.69 Å². The smallest absolute Gasteiger partial charge is 0.274 e. The molecule has 0 unspecified atom stereocenters. The molecule has 0 radical (unpaired) electrons. The highest BCUT2D eigenvalue weighted by Crippen LogP contribution is 2.17. The number of benzene rings is 2. The third kappa shape index (κ3) is 3.64. The van der Waals surface area contributed by atoms with E-state index in [0.717, 1.165) is 22.4 Å². The molecular weight excluding hydrogens is 331 g/mol. The Morgan fingerprint density at radius 3 is 2.42 bits per heavy atom. The van der Waals surface area contributed by atoms with Crippen molar-refractivity contribution >= 4 is 5.91 Å². The highest BCUT2D eigenvalue weighted by molar-refractivity contribution is 5.93. The van der Waals surface area contributed by atoms with Crippen LogP contribution in [0, 0.1) is 26.6 Å². The van der Waals surface area contributed by atoms with E-state index in [1.54, 1.807) is 19.1 Å². The largest absolute Gasteiger partial charge is 0.344 e. The highest BCUT2D eigenvalue weighted by Gasteiger charge is 2.19. The molecule has 6 heteroatoms. The first-order chi connectivity index (χ1) is 12.3. The molecule has 26 heavy (non-hydrogen) atoms. The van der Waals surface area contributed by atoms with Crippen LogP contribution >= 0.6 is 0 Å². The van der Waals surface area contributed by atoms with E-state index >= 15 is 0 Å². The summed E-state index contributed by atoms with van der Waals surface area (Å²) in [6, 6.07) is 11.8. The quantitative estimate of drug-likeness (QED) is 0.776. The number of aryl methyl sites for hydroxylation is 3. The van der Waals surface area contributed by atoms with Crippen LogP contribution in [0.5, 0.6) is 0 Å². The van der Waals surface area contributed by atoms with Crippen LogP contribution in [0.1, 0.15) is 45.8 Å². The van der Waals surface area contributed by atoms with Gasteiger partial charge in [-0.3, -0.25) is 4.79 Å². The van der Waals surface area contributed by atoms with E-state index in [4.69, 9.17) is 0 Å². The first-order valence-electron chi connectivity index (χ1n) is 8.43. The van der Waals surface area contributed by atoms with Crippen molar-refractivity contribution < 1.29 is 9.18 Å². The van der Waals surface area contributed by atoms with Gasteiger partial charge in [-0.25, -0.2) is 4.39 Å². The number of halogens is 1. The fourth-order valence-electron chi connectivity index (χ4n) is 2.83. The summed E-state index contributed by atoms with van der Waals surface area (Å²) in [6.45, 7) is 7.60. The molecule has 0 aliphatic carbocycles. The molecule has 0 saturated carbocycles. The molecular formula is C20H21FN4O. The van der Waals surface area contributed by atoms with Crippen molar-refractivity contribution in [2.75, 3.05) is 0 Å². The number of aromatic nitrogens is 3. The normalized spacial score (nSPS) is 12.0. The van der Waals surface area contributed by atoms with Gasteiger partial charge in [-0.1, -0.05) is 29.8 Å². The number of carbonyl (C=O) groups is 1. The summed E-state index contributed by atoms with van der Waals surface area (Å²) in [5.74, 6) is -0.616. The Kier molecular flexibility index (Phi) is 4.84. The third-order valence-corrected chi connectivity index (χ3v) is 4.28. The number of nitrogens with one attached hydrogen (secondary N) is 1. The number of rotatable bonds is 4. The van der Waals surface area contributed by atoms with Gasteiger partial charge in [0.2, 0.25) is 0 Å². The average molecular weight is 352 g/mol. The Labute approximate surface area is 151 Å². The Bertz CT molecular complexity index is 947. The lowest BCUT2D eigenvalue weighted by atomic mass is 10.1. The van der Waals surface area contributed by atoms with Gasteiger partial charge in [0.15, 0.2) is 5.69 Å². The van der Waals surface area contributed by atoms with Crippen molar-refractivity contribution in [1.29, 1.82) is 0 Å². The van der Waals surface area contributed by atoms with Crippen LogP contribution in [-0.2, 0) is 0 Å². The molecule has 1 amide bonds. The molecule has 0 aliphatic heterocycles. The molecule has 2 aromatic carbocycles. The summed E-state index contributed by atoms with van der Waals surface area (Å²) in [5.41, 5.74) is 4.67. The Morgan fingerprint density at radius 2 is 1.77 bits per heavy atom. The minimum Gasteiger partial charge on any atom is -0.344 e. The molecule has 0 bridgehead atoms. The molecule has 3 aromatic rings. The Balaban J connectivity index is 1.82. The molecule has 5 nitrogen and oxygen atoms in total. The van der Waals surface area contributed by atoms with Crippen molar-refractivity contribution in [3.8, 4) is 5.69 Å². The van der Waals surface area contributed by atoms with E-state index < -0.39 is 0 Å². The first kappa shape index (κ1) is 17.8. The summed E-state index contributed by atoms with van der Waals surface area (Å²) in [7, 11) is 0. The van der Waals surface area contributed by atoms with E-state index in [1.165, 1.54) is 16.9 Å². The van der Waals surface area contributed by atoms with E-state index in [2.05, 4.69) is 15.5 Å². The second-order valence-corrected chi connectivity index (χ2v) is 6.46. The van der Waals surface area contributed by atoms with Gasteiger partial charge in [-0.2, -0.15) is 9.90 Å². The molecule has 1 heterocycles. The van der Waals surface area contributed by atoms with Crippen molar-refractivity contribution in [1.82, 2.24) is 20.3 Å². The van der Waals surface area contributed by atoms with Crippen LogP contribution in [0.15, 0.2) is 42.5 Å². The number of hydrogen-bond acceptors (Lipinski definition) is 3. The molecule has 0 fully saturated rings. The Morgan fingerprint density at radius 1 is 1.08 bits per heavy atom. The number of hydrogen-bond donors (Lipinski definition) is 1. The molecule has 0 saturated heterocycles. The molecule has 3 rings (SSSR count). The van der Waals surface area contributed by atoms with Crippen LogP contribution < -0.4 is 5.32 Å². The topological polar surface area (TPSA) is 59.8 Å². The summed E-state index contributed by atoms with van der Waals surface area (Å²) < 4.78 is 13.0. The number of carbonyl (C=O) groups excluding carboxylic acids is 1. The fraction of sp³-hybridized carbons (Fsp3) is 0.250. The van der Waals surface area contributed by atoms with Gasteiger partial charge in [0.05, 0.1) is 17.4 Å². The standard InChI is InChI=1S/C20H21FN4O/c1-12-5-10-18(13(2)11-12)25-23-15(4)19(24-25)20(26)22-14(3)16-6-8-17(21)9-7-16/h5-11,14H,1-4H3,(H,22,26)/t14-/m1/s1. The second kappa shape index (κ2) is 7.07. The first-order valence-corrected chi connectivity index (χ1v) is 8.43. The average Bonchev–Trinajstić information content (AvgIpc) is 2.97. The van der Waals surface area contributed by atoms with Crippen LogP contribution in [0.25, 0.3) is 5.69 Å². The monoisotopic (exact) mass is 352 g/mol. The fourth-order valence-corrected chi connectivity index (χ4v) is 2.83. The SMILES string of the molecule is Cc1ccc(-n2nc(C)c(C(=O)N[C@H](C)c3ccc(F)cc3)n2)c(C)c1. The maximum Gasteiger partial charge on any atom is 0.274 e. The van der Waals surface area contributed by atoms with Crippen LogP contribution in [0.3, 0.4) is 0 Å². The second-order valence-electron chi connectivity index (χ2n) is 6.46. The molecule has 134 valence electrons. The van der Waals surface area contributed by atoms with E-state index in [1.807, 2.05) is 39.0 Å². The maximum atomic E-state index is 13.0. The Hall–Kier alpha value is -3.02. The zero-order valence-electron chi connectivity index (χ0n) is 15.2. The predicted molar refractivity (Wildman–Crippen MR) is 97.9 cm³/mol. The lowest BCUT2D eigenvalue weighted by Crippen LogP contribution is -2.27. The van der Waals surface area contributed by atoms with Crippen molar-refractivity contribution in [3.63, 3.8) is 0 Å². The van der Waals surface area contributed by atoms with Gasteiger partial charge < -0.3 is 5.32 Å². The lowest BCUT2D eigenvalue weighted by molar-refractivity contribution is 0.0934. The van der Waals surface area contributed by atoms with Gasteiger partial charge in [-0.15, -0.1) is 5.10 Å². The number of nitrogens with zero attached hydrogens (tertiary/aromatic N) is 3. The summed E-state index contributed by atoms with van der Waals surface area (Å²) >= 11 is 0. The van der Waals surface area contributed by atoms with Crippen LogP contribution in [0.2, 0.25) is 0 Å². The van der Waals surface area contributed by atoms with E-state index in [9.17, 15) is 9.18 Å². The minimum absolute atomic E-state index is 0.270. The molecule has 1 aromatic heterocycles. The van der Waals surface area contributed by atoms with Gasteiger partial charge in [0.25, 0.3) is 5.91 Å². The minimum atomic E-state index is -0.310. The highest BCUT2D eigenvalue weighted by atomic mass is 19.1. The molecule has 0 spiro atoms. The van der Waals surface area contributed by atoms with Crippen molar-refractivity contribution in [3.05, 3.63) is 76.4 Å². The summed E-state index contributed by atoms with van der Waals surface area (Å²) in [4.78, 5) is 14.1. The van der Waals surface area contributed by atoms with Gasteiger partial charge >= 0.3 is 0 Å². The third-order valence-electron chi connectivity index (χ3n) is 4.28. The van der Waals surface area contributed by atoms with Gasteiger partial charge in [0, 0.05) is 0 Å². The predicted octanol–water partition coefficient (Wildman–Crippen LogP) is 3.82. The zero-order chi connectivity index (χ0) is 18.8. The van der Waals surface area contributed by atoms with Crippen molar-refractivity contribution in [2.45, 2.75) is 33.7 Å². The maximum absolute atomic E-state index is 13.0. The molecule has 1 atom stereocenters. The van der Waals surface area contributed by atoms with Crippen LogP contribution in [-0.4, -0.2) is 20.9 Å². The van der Waals surface area contributed by atoms with Crippen LogP contribution in [0.4, 0.5) is 4.39 Å². The van der Waals surface area contributed by atoms with E-state index in [-0.39, 0.29) is 23.5 Å². The van der Waals surface area contributed by atoms with Crippen molar-refractivity contribution in [2.24, 2.45) is 0 Å². The molecule has 0 aliphatic rings.